The van der Waals surface area contributed by atoms with Crippen LogP contribution in [0.1, 0.15) is 6.42 Å². The molecule has 1 amide bonds. The second kappa shape index (κ2) is 3.64. The topological polar surface area (TPSA) is 83.4 Å². The molecule has 1 unspecified atom stereocenters. The summed E-state index contributed by atoms with van der Waals surface area (Å²) in [6, 6.07) is 0. The van der Waals surface area contributed by atoms with Gasteiger partial charge in [0.15, 0.2) is 5.82 Å². The maximum absolute atomic E-state index is 11.5. The summed E-state index contributed by atoms with van der Waals surface area (Å²) in [7, 11) is 0. The fourth-order valence-electron chi connectivity index (χ4n) is 1.53. The van der Waals surface area contributed by atoms with Gasteiger partial charge in [0.1, 0.15) is 0 Å². The van der Waals surface area contributed by atoms with Gasteiger partial charge < -0.3 is 5.11 Å². The molecule has 1 aliphatic heterocycles. The number of carbonyl (C=O) groups is 2. The molecule has 0 saturated carbocycles. The van der Waals surface area contributed by atoms with Gasteiger partial charge in [-0.1, -0.05) is 0 Å². The maximum Gasteiger partial charge on any atom is 0.308 e. The van der Waals surface area contributed by atoms with Crippen LogP contribution in [0.4, 0.5) is 5.82 Å². The van der Waals surface area contributed by atoms with E-state index in [1.165, 1.54) is 23.5 Å². The summed E-state index contributed by atoms with van der Waals surface area (Å²) in [5.41, 5.74) is 0. The quantitative estimate of drug-likeness (QED) is 0.732. The summed E-state index contributed by atoms with van der Waals surface area (Å²) in [4.78, 5) is 31.3. The monoisotopic (exact) mass is 207 g/mol. The van der Waals surface area contributed by atoms with Crippen LogP contribution in [0.2, 0.25) is 0 Å². The van der Waals surface area contributed by atoms with Gasteiger partial charge >= 0.3 is 5.97 Å². The van der Waals surface area contributed by atoms with Crippen molar-refractivity contribution in [1.82, 2.24) is 9.97 Å². The van der Waals surface area contributed by atoms with Gasteiger partial charge in [0.2, 0.25) is 5.91 Å². The van der Waals surface area contributed by atoms with E-state index in [0.29, 0.717) is 5.82 Å². The second-order valence-electron chi connectivity index (χ2n) is 3.31. The molecule has 0 radical (unpaired) electrons. The number of amides is 1. The third-order valence-corrected chi connectivity index (χ3v) is 2.30. The first-order valence-corrected chi connectivity index (χ1v) is 4.47. The van der Waals surface area contributed by atoms with Crippen LogP contribution < -0.4 is 4.90 Å². The van der Waals surface area contributed by atoms with Crippen molar-refractivity contribution in [3.63, 3.8) is 0 Å². The Bertz CT molecular complexity index is 393. The summed E-state index contributed by atoms with van der Waals surface area (Å²) in [5.74, 6) is -1.40. The Hall–Kier alpha value is -1.98. The van der Waals surface area contributed by atoms with E-state index in [1.54, 1.807) is 0 Å². The minimum absolute atomic E-state index is 0.0336. The lowest BCUT2D eigenvalue weighted by Crippen LogP contribution is -2.26. The van der Waals surface area contributed by atoms with E-state index >= 15 is 0 Å². The Morgan fingerprint density at radius 1 is 1.53 bits per heavy atom. The molecule has 15 heavy (non-hydrogen) atoms. The third-order valence-electron chi connectivity index (χ3n) is 2.30. The molecule has 0 bridgehead atoms. The molecule has 78 valence electrons. The number of rotatable bonds is 2. The molecule has 1 fully saturated rings. The predicted octanol–water partition coefficient (Wildman–Crippen LogP) is -0.0859. The fourth-order valence-corrected chi connectivity index (χ4v) is 1.53. The predicted molar refractivity (Wildman–Crippen MR) is 50.1 cm³/mol. The Morgan fingerprint density at radius 2 is 2.33 bits per heavy atom. The largest absolute Gasteiger partial charge is 0.481 e. The van der Waals surface area contributed by atoms with Crippen LogP contribution in [-0.2, 0) is 9.59 Å². The molecule has 0 aromatic carbocycles. The molecule has 1 saturated heterocycles. The molecular weight excluding hydrogens is 198 g/mol. The molecule has 0 aliphatic carbocycles. The van der Waals surface area contributed by atoms with Gasteiger partial charge in [0.25, 0.3) is 0 Å². The van der Waals surface area contributed by atoms with Gasteiger partial charge in [-0.25, -0.2) is 4.98 Å². The number of nitrogens with zero attached hydrogens (tertiary/aromatic N) is 3. The number of carboxylic acids is 1. The van der Waals surface area contributed by atoms with Crippen molar-refractivity contribution in [1.29, 1.82) is 0 Å². The average molecular weight is 207 g/mol. The Morgan fingerprint density at radius 3 is 2.87 bits per heavy atom. The SMILES string of the molecule is O=C(O)C1CC(=O)N(c2cnccn2)C1. The minimum atomic E-state index is -0.949. The van der Waals surface area contributed by atoms with Crippen molar-refractivity contribution in [3.8, 4) is 0 Å². The molecule has 1 aromatic rings. The number of aromatic nitrogens is 2. The first kappa shape index (κ1) is 9.57. The first-order valence-electron chi connectivity index (χ1n) is 4.47. The molecular formula is C9H9N3O3. The zero-order valence-electron chi connectivity index (χ0n) is 7.83. The highest BCUT2D eigenvalue weighted by molar-refractivity contribution is 5.98. The molecule has 1 atom stereocenters. The first-order chi connectivity index (χ1) is 7.18. The van der Waals surface area contributed by atoms with Crippen molar-refractivity contribution in [3.05, 3.63) is 18.6 Å². The van der Waals surface area contributed by atoms with E-state index < -0.39 is 11.9 Å². The lowest BCUT2D eigenvalue weighted by Gasteiger charge is -2.13. The van der Waals surface area contributed by atoms with E-state index in [2.05, 4.69) is 9.97 Å². The van der Waals surface area contributed by atoms with Gasteiger partial charge in [0.05, 0.1) is 12.1 Å². The maximum atomic E-state index is 11.5. The lowest BCUT2D eigenvalue weighted by molar-refractivity contribution is -0.141. The van der Waals surface area contributed by atoms with Crippen molar-refractivity contribution < 1.29 is 14.7 Å². The van der Waals surface area contributed by atoms with Crippen LogP contribution in [0.3, 0.4) is 0 Å². The highest BCUT2D eigenvalue weighted by atomic mass is 16.4. The number of anilines is 1. The highest BCUT2D eigenvalue weighted by Crippen LogP contribution is 2.22. The number of carboxylic acid groups (broad SMARTS) is 1. The van der Waals surface area contributed by atoms with Crippen molar-refractivity contribution in [2.24, 2.45) is 5.92 Å². The summed E-state index contributed by atoms with van der Waals surface area (Å²) in [6.45, 7) is 0.173. The second-order valence-corrected chi connectivity index (χ2v) is 3.31. The van der Waals surface area contributed by atoms with Crippen LogP contribution in [0.15, 0.2) is 18.6 Å². The van der Waals surface area contributed by atoms with Crippen LogP contribution in [-0.4, -0.2) is 33.5 Å². The summed E-state index contributed by atoms with van der Waals surface area (Å²) in [6.07, 6.45) is 4.45. The highest BCUT2D eigenvalue weighted by Gasteiger charge is 2.35. The zero-order valence-corrected chi connectivity index (χ0v) is 7.83. The van der Waals surface area contributed by atoms with E-state index in [-0.39, 0.29) is 18.9 Å². The van der Waals surface area contributed by atoms with Crippen molar-refractivity contribution >= 4 is 17.7 Å². The minimum Gasteiger partial charge on any atom is -0.481 e. The van der Waals surface area contributed by atoms with E-state index in [9.17, 15) is 9.59 Å². The summed E-state index contributed by atoms with van der Waals surface area (Å²) >= 11 is 0. The normalized spacial score (nSPS) is 20.7. The van der Waals surface area contributed by atoms with Gasteiger partial charge in [-0.3, -0.25) is 19.5 Å². The number of carbonyl (C=O) groups excluding carboxylic acids is 1. The van der Waals surface area contributed by atoms with Crippen molar-refractivity contribution in [2.45, 2.75) is 6.42 Å². The van der Waals surface area contributed by atoms with Crippen LogP contribution in [0, 0.1) is 5.92 Å². The van der Waals surface area contributed by atoms with E-state index in [1.807, 2.05) is 0 Å². The van der Waals surface area contributed by atoms with E-state index in [0.717, 1.165) is 0 Å². The number of hydrogen-bond acceptors (Lipinski definition) is 4. The van der Waals surface area contributed by atoms with Gasteiger partial charge in [-0.15, -0.1) is 0 Å². The van der Waals surface area contributed by atoms with Crippen LogP contribution >= 0.6 is 0 Å². The molecule has 6 heteroatoms. The Kier molecular flexibility index (Phi) is 2.32. The van der Waals surface area contributed by atoms with E-state index in [4.69, 9.17) is 5.11 Å². The van der Waals surface area contributed by atoms with Crippen molar-refractivity contribution in [2.75, 3.05) is 11.4 Å². The molecule has 2 rings (SSSR count). The van der Waals surface area contributed by atoms with Crippen LogP contribution in [0.5, 0.6) is 0 Å². The van der Waals surface area contributed by atoms with Gasteiger partial charge in [-0.2, -0.15) is 0 Å². The standard InChI is InChI=1S/C9H9N3O3/c13-8-3-6(9(14)15)5-12(8)7-4-10-1-2-11-7/h1-2,4,6H,3,5H2,(H,14,15). The zero-order chi connectivity index (χ0) is 10.8. The Labute approximate surface area is 85.6 Å². The third kappa shape index (κ3) is 1.78. The Balaban J connectivity index is 2.19. The smallest absolute Gasteiger partial charge is 0.308 e. The molecule has 1 aliphatic rings. The molecule has 2 heterocycles. The van der Waals surface area contributed by atoms with Crippen LogP contribution in [0.25, 0.3) is 0 Å². The summed E-state index contributed by atoms with van der Waals surface area (Å²) in [5, 5.41) is 8.78. The number of aliphatic carboxylic acids is 1. The van der Waals surface area contributed by atoms with Gasteiger partial charge in [-0.05, 0) is 0 Å². The summed E-state index contributed by atoms with van der Waals surface area (Å²) < 4.78 is 0. The molecule has 0 spiro atoms. The molecule has 1 N–H and O–H groups in total. The number of hydrogen-bond donors (Lipinski definition) is 1. The van der Waals surface area contributed by atoms with Gasteiger partial charge in [0, 0.05) is 25.4 Å². The molecule has 6 nitrogen and oxygen atoms in total. The molecule has 1 aromatic heterocycles. The average Bonchev–Trinajstić information content (AvgIpc) is 2.62. The fraction of sp³-hybridized carbons (Fsp3) is 0.333. The lowest BCUT2D eigenvalue weighted by atomic mass is 10.1.